The molecule has 0 bridgehead atoms. The minimum atomic E-state index is -0.309. The van der Waals surface area contributed by atoms with Crippen LogP contribution in [-0.4, -0.2) is 70.2 Å². The first kappa shape index (κ1) is 26.9. The summed E-state index contributed by atoms with van der Waals surface area (Å²) in [6.07, 6.45) is 12.9. The second-order valence-corrected chi connectivity index (χ2v) is 11.7. The van der Waals surface area contributed by atoms with E-state index in [0.29, 0.717) is 35.3 Å². The number of aromatic nitrogens is 3. The number of anilines is 5. The Hall–Kier alpha value is -2.72. The number of fused-ring (bicyclic) bond motifs is 1. The average molecular weight is 544 g/mol. The van der Waals surface area contributed by atoms with Gasteiger partial charge < -0.3 is 31.9 Å². The van der Waals surface area contributed by atoms with E-state index in [4.69, 9.17) is 23.1 Å². The molecule has 0 spiro atoms. The fraction of sp³-hybridized carbons (Fsp3) is 0.667. The van der Waals surface area contributed by atoms with Crippen molar-refractivity contribution in [3.63, 3.8) is 0 Å². The molecule has 2 aromatic heterocycles. The van der Waals surface area contributed by atoms with Crippen molar-refractivity contribution in [2.75, 3.05) is 60.2 Å². The third-order valence-corrected chi connectivity index (χ3v) is 8.81. The number of nitrogens with zero attached hydrogens (tertiary/aromatic N) is 5. The highest BCUT2D eigenvalue weighted by molar-refractivity contribution is 6.21. The molecule has 5 rings (SSSR count). The molecule has 208 valence electrons. The van der Waals surface area contributed by atoms with Gasteiger partial charge >= 0.3 is 0 Å². The molecule has 6 N–H and O–H groups in total. The zero-order chi connectivity index (χ0) is 26.6. The number of carbonyl (C=O) groups is 1. The molecule has 38 heavy (non-hydrogen) atoms. The molecule has 4 heterocycles. The lowest BCUT2D eigenvalue weighted by atomic mass is 9.84. The van der Waals surface area contributed by atoms with Crippen molar-refractivity contribution in [2.24, 2.45) is 5.92 Å². The highest BCUT2D eigenvalue weighted by atomic mass is 35.5. The lowest BCUT2D eigenvalue weighted by Gasteiger charge is -2.37. The Bertz CT molecular complexity index is 1100. The predicted molar refractivity (Wildman–Crippen MR) is 155 cm³/mol. The van der Waals surface area contributed by atoms with Crippen molar-refractivity contribution >= 4 is 46.3 Å². The maximum absolute atomic E-state index is 13.7. The Morgan fingerprint density at radius 2 is 1.71 bits per heavy atom. The Morgan fingerprint density at radius 1 is 1.05 bits per heavy atom. The number of nitrogens with two attached hydrogens (primary N) is 2. The highest BCUT2D eigenvalue weighted by Gasteiger charge is 2.37. The topological polar surface area (TPSA) is 130 Å². The largest absolute Gasteiger partial charge is 0.384 e. The van der Waals surface area contributed by atoms with Crippen LogP contribution in [0.2, 0.25) is 0 Å². The molecule has 2 fully saturated rings. The van der Waals surface area contributed by atoms with E-state index in [2.05, 4.69) is 37.6 Å². The molecule has 1 saturated carbocycles. The molecule has 2 aromatic rings. The number of carbonyl (C=O) groups excluding carboxylic acids is 1. The third-order valence-electron chi connectivity index (χ3n) is 8.40. The maximum atomic E-state index is 13.7. The number of hydrogen-bond donors (Lipinski definition) is 4. The van der Waals surface area contributed by atoms with E-state index in [1.54, 1.807) is 10.9 Å². The number of pyridine rings is 1. The van der Waals surface area contributed by atoms with Gasteiger partial charge in [-0.05, 0) is 25.8 Å². The molecule has 1 saturated heterocycles. The first-order chi connectivity index (χ1) is 18.4. The van der Waals surface area contributed by atoms with Gasteiger partial charge in [0, 0.05) is 38.3 Å². The fourth-order valence-electron chi connectivity index (χ4n) is 6.17. The SMILES string of the molecule is CN1CCN(c2cc(N)ncc2NC(=O)c2c(N)nn3c2NC(C2CCCCCCCCC2)C(Cl)C3)CC1. The lowest BCUT2D eigenvalue weighted by Crippen LogP contribution is -2.45. The second kappa shape index (κ2) is 12.0. The quantitative estimate of drug-likeness (QED) is 0.426. The number of hydrogen-bond acceptors (Lipinski definition) is 8. The molecule has 2 atom stereocenters. The molecular formula is C27H42ClN9O. The third kappa shape index (κ3) is 5.96. The minimum Gasteiger partial charge on any atom is -0.384 e. The highest BCUT2D eigenvalue weighted by Crippen LogP contribution is 2.36. The monoisotopic (exact) mass is 543 g/mol. The minimum absolute atomic E-state index is 0.0744. The van der Waals surface area contributed by atoms with Gasteiger partial charge in [-0.25, -0.2) is 9.67 Å². The van der Waals surface area contributed by atoms with E-state index < -0.39 is 0 Å². The Kier molecular flexibility index (Phi) is 8.48. The summed E-state index contributed by atoms with van der Waals surface area (Å²) in [4.78, 5) is 22.4. The zero-order valence-corrected chi connectivity index (χ0v) is 23.2. The molecule has 2 aliphatic heterocycles. The number of amides is 1. The van der Waals surface area contributed by atoms with Crippen molar-refractivity contribution in [3.8, 4) is 0 Å². The van der Waals surface area contributed by atoms with Crippen LogP contribution in [0, 0.1) is 5.92 Å². The number of piperazine rings is 1. The Labute approximate surface area is 230 Å². The summed E-state index contributed by atoms with van der Waals surface area (Å²) in [5, 5.41) is 11.0. The van der Waals surface area contributed by atoms with Crippen LogP contribution in [0.3, 0.4) is 0 Å². The van der Waals surface area contributed by atoms with Crippen LogP contribution < -0.4 is 27.0 Å². The summed E-state index contributed by atoms with van der Waals surface area (Å²) in [7, 11) is 2.11. The van der Waals surface area contributed by atoms with Crippen LogP contribution in [0.4, 0.5) is 28.8 Å². The number of nitrogen functional groups attached to an aromatic ring is 2. The van der Waals surface area contributed by atoms with Gasteiger partial charge in [-0.2, -0.15) is 5.10 Å². The summed E-state index contributed by atoms with van der Waals surface area (Å²) >= 11 is 6.92. The van der Waals surface area contributed by atoms with Crippen LogP contribution >= 0.6 is 11.6 Å². The fourth-order valence-corrected chi connectivity index (χ4v) is 6.57. The van der Waals surface area contributed by atoms with Gasteiger partial charge in [-0.1, -0.05) is 44.9 Å². The van der Waals surface area contributed by atoms with Gasteiger partial charge in [0.25, 0.3) is 5.91 Å². The van der Waals surface area contributed by atoms with Gasteiger partial charge in [0.2, 0.25) is 0 Å². The van der Waals surface area contributed by atoms with E-state index in [1.807, 2.05) is 6.07 Å². The summed E-state index contributed by atoms with van der Waals surface area (Å²) in [6, 6.07) is 1.90. The molecule has 1 aliphatic carbocycles. The van der Waals surface area contributed by atoms with E-state index in [-0.39, 0.29) is 23.1 Å². The van der Waals surface area contributed by atoms with Gasteiger partial charge in [-0.15, -0.1) is 11.6 Å². The van der Waals surface area contributed by atoms with Gasteiger partial charge in [0.1, 0.15) is 17.2 Å². The number of nitrogens with one attached hydrogen (secondary N) is 2. The van der Waals surface area contributed by atoms with Crippen LogP contribution in [0.15, 0.2) is 12.3 Å². The number of alkyl halides is 1. The molecule has 10 nitrogen and oxygen atoms in total. The molecular weight excluding hydrogens is 502 g/mol. The van der Waals surface area contributed by atoms with Crippen LogP contribution in [0.5, 0.6) is 0 Å². The first-order valence-corrected chi connectivity index (χ1v) is 14.6. The van der Waals surface area contributed by atoms with Crippen molar-refractivity contribution in [1.29, 1.82) is 0 Å². The summed E-state index contributed by atoms with van der Waals surface area (Å²) in [6.45, 7) is 4.08. The molecule has 11 heteroatoms. The lowest BCUT2D eigenvalue weighted by molar-refractivity contribution is 0.102. The van der Waals surface area contributed by atoms with E-state index >= 15 is 0 Å². The van der Waals surface area contributed by atoms with E-state index in [0.717, 1.165) is 44.7 Å². The van der Waals surface area contributed by atoms with Crippen LogP contribution in [0.1, 0.15) is 68.1 Å². The van der Waals surface area contributed by atoms with E-state index in [1.165, 1.54) is 44.9 Å². The molecule has 0 radical (unpaired) electrons. The molecule has 2 unspecified atom stereocenters. The smallest absolute Gasteiger partial charge is 0.263 e. The number of likely N-dealkylation sites (N-methyl/N-ethyl adjacent to an activating group) is 1. The second-order valence-electron chi connectivity index (χ2n) is 11.2. The zero-order valence-electron chi connectivity index (χ0n) is 22.5. The van der Waals surface area contributed by atoms with Crippen LogP contribution in [0.25, 0.3) is 0 Å². The van der Waals surface area contributed by atoms with E-state index in [9.17, 15) is 4.79 Å². The Balaban J connectivity index is 1.36. The molecule has 0 aromatic carbocycles. The summed E-state index contributed by atoms with van der Waals surface area (Å²) in [5.41, 5.74) is 14.2. The standard InChI is InChI=1S/C27H42ClN9O/c1-35-11-13-36(14-12-35)21-15-22(29)31-16-20(21)32-27(38)23-25(30)34-37-17-19(28)24(33-26(23)37)18-9-7-5-3-2-4-6-8-10-18/h15-16,18-19,24,33H,2-14,17H2,1H3,(H2,29,31)(H2,30,34)(H,32,38). The van der Waals surface area contributed by atoms with Gasteiger partial charge in [0.15, 0.2) is 5.82 Å². The van der Waals surface area contributed by atoms with Crippen molar-refractivity contribution < 1.29 is 4.79 Å². The first-order valence-electron chi connectivity index (χ1n) is 14.2. The van der Waals surface area contributed by atoms with Gasteiger partial charge in [0.05, 0.1) is 29.5 Å². The summed E-state index contributed by atoms with van der Waals surface area (Å²) in [5.74, 6) is 1.42. The van der Waals surface area contributed by atoms with Crippen molar-refractivity contribution in [1.82, 2.24) is 19.7 Å². The maximum Gasteiger partial charge on any atom is 0.263 e. The predicted octanol–water partition coefficient (Wildman–Crippen LogP) is 3.99. The average Bonchev–Trinajstić information content (AvgIpc) is 3.22. The van der Waals surface area contributed by atoms with Crippen molar-refractivity contribution in [2.45, 2.75) is 75.8 Å². The Morgan fingerprint density at radius 3 is 2.39 bits per heavy atom. The number of rotatable bonds is 4. The summed E-state index contributed by atoms with van der Waals surface area (Å²) < 4.78 is 1.75. The van der Waals surface area contributed by atoms with Crippen molar-refractivity contribution in [3.05, 3.63) is 17.8 Å². The number of halogens is 1. The van der Waals surface area contributed by atoms with Gasteiger partial charge in [-0.3, -0.25) is 4.79 Å². The molecule has 1 amide bonds. The normalized spacial score (nSPS) is 23.9. The molecule has 3 aliphatic rings. The van der Waals surface area contributed by atoms with Crippen LogP contribution in [-0.2, 0) is 6.54 Å².